The van der Waals surface area contributed by atoms with E-state index in [1.807, 2.05) is 20.8 Å². The maximum atomic E-state index is 11.4. The molecule has 1 heterocycles. The van der Waals surface area contributed by atoms with Gasteiger partial charge in [0.05, 0.1) is 11.5 Å². The van der Waals surface area contributed by atoms with Gasteiger partial charge in [0.2, 0.25) is 0 Å². The highest BCUT2D eigenvalue weighted by molar-refractivity contribution is 7.91. The van der Waals surface area contributed by atoms with Crippen LogP contribution in [-0.4, -0.2) is 37.5 Å². The van der Waals surface area contributed by atoms with Crippen molar-refractivity contribution >= 4 is 9.84 Å². The molecule has 1 saturated heterocycles. The number of nitrogens with two attached hydrogens (primary N) is 1. The largest absolute Gasteiger partial charge is 0.326 e. The quantitative estimate of drug-likeness (QED) is 0.702. The first-order valence-electron chi connectivity index (χ1n) is 5.86. The van der Waals surface area contributed by atoms with E-state index in [9.17, 15) is 8.42 Å². The van der Waals surface area contributed by atoms with E-state index in [1.165, 1.54) is 0 Å². The third-order valence-electron chi connectivity index (χ3n) is 3.05. The average molecular weight is 248 g/mol. The van der Waals surface area contributed by atoms with Crippen LogP contribution in [0.25, 0.3) is 0 Å². The highest BCUT2D eigenvalue weighted by Gasteiger charge is 2.37. The molecule has 3 N–H and O–H groups in total. The van der Waals surface area contributed by atoms with Crippen molar-refractivity contribution in [1.29, 1.82) is 0 Å². The molecule has 4 nitrogen and oxygen atoms in total. The molecule has 0 amide bonds. The predicted molar refractivity (Wildman–Crippen MR) is 67.2 cm³/mol. The van der Waals surface area contributed by atoms with Gasteiger partial charge in [0, 0.05) is 11.1 Å². The van der Waals surface area contributed by atoms with Crippen LogP contribution in [0.4, 0.5) is 0 Å². The van der Waals surface area contributed by atoms with E-state index in [-0.39, 0.29) is 16.8 Å². The Morgan fingerprint density at radius 3 is 2.50 bits per heavy atom. The highest BCUT2D eigenvalue weighted by atomic mass is 32.2. The first-order chi connectivity index (χ1) is 7.12. The average Bonchev–Trinajstić information content (AvgIpc) is 2.34. The number of nitrogens with one attached hydrogen (secondary N) is 1. The van der Waals surface area contributed by atoms with Gasteiger partial charge in [-0.1, -0.05) is 0 Å². The molecule has 0 aromatic heterocycles. The van der Waals surface area contributed by atoms with Gasteiger partial charge in [0.25, 0.3) is 0 Å². The summed E-state index contributed by atoms with van der Waals surface area (Å²) in [5, 5.41) is 3.35. The molecule has 0 spiro atoms. The van der Waals surface area contributed by atoms with E-state index in [0.29, 0.717) is 5.75 Å². The Hall–Kier alpha value is -0.130. The zero-order chi connectivity index (χ0) is 12.4. The van der Waals surface area contributed by atoms with Gasteiger partial charge in [-0.15, -0.1) is 0 Å². The van der Waals surface area contributed by atoms with Crippen molar-refractivity contribution in [3.63, 3.8) is 0 Å². The van der Waals surface area contributed by atoms with Crippen molar-refractivity contribution in [2.24, 2.45) is 5.73 Å². The van der Waals surface area contributed by atoms with E-state index < -0.39 is 9.84 Å². The van der Waals surface area contributed by atoms with Crippen LogP contribution < -0.4 is 11.1 Å². The Kier molecular flexibility index (Phi) is 4.03. The molecule has 16 heavy (non-hydrogen) atoms. The lowest BCUT2D eigenvalue weighted by Gasteiger charge is -2.25. The van der Waals surface area contributed by atoms with Crippen molar-refractivity contribution in [3.8, 4) is 0 Å². The zero-order valence-corrected chi connectivity index (χ0v) is 11.4. The standard InChI is InChI=1S/C11H24N2O2S/c1-10(2,12)5-4-7-13-11(3)6-8-16(14,15)9-11/h13H,4-9,12H2,1-3H3. The molecule has 0 saturated carbocycles. The monoisotopic (exact) mass is 248 g/mol. The van der Waals surface area contributed by atoms with Crippen LogP contribution in [0.3, 0.4) is 0 Å². The number of hydrogen-bond acceptors (Lipinski definition) is 4. The highest BCUT2D eigenvalue weighted by Crippen LogP contribution is 2.22. The summed E-state index contributed by atoms with van der Waals surface area (Å²) >= 11 is 0. The van der Waals surface area contributed by atoms with Crippen LogP contribution in [0.2, 0.25) is 0 Å². The molecule has 1 unspecified atom stereocenters. The molecule has 1 aliphatic rings. The minimum absolute atomic E-state index is 0.135. The molecule has 0 radical (unpaired) electrons. The molecular formula is C11H24N2O2S. The van der Waals surface area contributed by atoms with E-state index in [0.717, 1.165) is 25.8 Å². The summed E-state index contributed by atoms with van der Waals surface area (Å²) in [7, 11) is -2.81. The Morgan fingerprint density at radius 2 is 2.06 bits per heavy atom. The van der Waals surface area contributed by atoms with Gasteiger partial charge in [0.1, 0.15) is 0 Å². The lowest BCUT2D eigenvalue weighted by atomic mass is 9.98. The summed E-state index contributed by atoms with van der Waals surface area (Å²) in [5.41, 5.74) is 5.52. The molecule has 0 aliphatic carbocycles. The first kappa shape index (κ1) is 13.9. The second-order valence-corrected chi connectivity index (χ2v) is 8.11. The maximum absolute atomic E-state index is 11.4. The van der Waals surface area contributed by atoms with Crippen molar-refractivity contribution in [3.05, 3.63) is 0 Å². The second kappa shape index (κ2) is 4.63. The number of hydrogen-bond donors (Lipinski definition) is 2. The molecule has 96 valence electrons. The summed E-state index contributed by atoms with van der Waals surface area (Å²) in [5.74, 6) is 0.588. The SMILES string of the molecule is CC(C)(N)CCCNC1(C)CCS(=O)(=O)C1. The van der Waals surface area contributed by atoms with Gasteiger partial charge >= 0.3 is 0 Å². The lowest BCUT2D eigenvalue weighted by molar-refractivity contribution is 0.372. The van der Waals surface area contributed by atoms with Crippen LogP contribution in [0, 0.1) is 0 Å². The van der Waals surface area contributed by atoms with Crippen LogP contribution in [-0.2, 0) is 9.84 Å². The lowest BCUT2D eigenvalue weighted by Crippen LogP contribution is -2.44. The number of sulfone groups is 1. The summed E-state index contributed by atoms with van der Waals surface area (Å²) in [6, 6.07) is 0. The third kappa shape index (κ3) is 4.80. The minimum atomic E-state index is -2.81. The first-order valence-corrected chi connectivity index (χ1v) is 7.68. The summed E-state index contributed by atoms with van der Waals surface area (Å²) in [6.45, 7) is 6.85. The minimum Gasteiger partial charge on any atom is -0.326 e. The second-order valence-electron chi connectivity index (χ2n) is 5.92. The van der Waals surface area contributed by atoms with Crippen molar-refractivity contribution < 1.29 is 8.42 Å². The van der Waals surface area contributed by atoms with Crippen molar-refractivity contribution in [1.82, 2.24) is 5.32 Å². The van der Waals surface area contributed by atoms with Gasteiger partial charge in [-0.05, 0) is 46.6 Å². The smallest absolute Gasteiger partial charge is 0.152 e. The van der Waals surface area contributed by atoms with Gasteiger partial charge < -0.3 is 11.1 Å². The van der Waals surface area contributed by atoms with E-state index in [1.54, 1.807) is 0 Å². The topological polar surface area (TPSA) is 72.2 Å². The molecule has 1 fully saturated rings. The van der Waals surface area contributed by atoms with Crippen LogP contribution >= 0.6 is 0 Å². The normalized spacial score (nSPS) is 29.5. The van der Waals surface area contributed by atoms with Gasteiger partial charge in [0.15, 0.2) is 9.84 Å². The zero-order valence-electron chi connectivity index (χ0n) is 10.5. The molecule has 1 aliphatic heterocycles. The van der Waals surface area contributed by atoms with E-state index >= 15 is 0 Å². The summed E-state index contributed by atoms with van der Waals surface area (Å²) < 4.78 is 22.8. The maximum Gasteiger partial charge on any atom is 0.152 e. The van der Waals surface area contributed by atoms with Crippen molar-refractivity contribution in [2.45, 2.75) is 51.1 Å². The molecular weight excluding hydrogens is 224 g/mol. The summed E-state index contributed by atoms with van der Waals surface area (Å²) in [6.07, 6.45) is 2.66. The van der Waals surface area contributed by atoms with Crippen LogP contribution in [0.1, 0.15) is 40.0 Å². The van der Waals surface area contributed by atoms with Crippen LogP contribution in [0.5, 0.6) is 0 Å². The molecule has 0 bridgehead atoms. The Bertz CT molecular complexity index is 332. The Balaban J connectivity index is 2.29. The van der Waals surface area contributed by atoms with Gasteiger partial charge in [-0.25, -0.2) is 8.42 Å². The Morgan fingerprint density at radius 1 is 1.44 bits per heavy atom. The fourth-order valence-corrected chi connectivity index (χ4v) is 4.21. The van der Waals surface area contributed by atoms with Gasteiger partial charge in [-0.3, -0.25) is 0 Å². The molecule has 5 heteroatoms. The summed E-state index contributed by atoms with van der Waals surface area (Å²) in [4.78, 5) is 0. The van der Waals surface area contributed by atoms with Crippen LogP contribution in [0.15, 0.2) is 0 Å². The number of rotatable bonds is 5. The molecule has 0 aromatic carbocycles. The third-order valence-corrected chi connectivity index (χ3v) is 4.96. The predicted octanol–water partition coefficient (Wildman–Crippen LogP) is 0.671. The van der Waals surface area contributed by atoms with Crippen molar-refractivity contribution in [2.75, 3.05) is 18.1 Å². The molecule has 0 aromatic rings. The molecule has 1 atom stereocenters. The van der Waals surface area contributed by atoms with E-state index in [2.05, 4.69) is 5.32 Å². The Labute approximate surface area is 98.9 Å². The fourth-order valence-electron chi connectivity index (χ4n) is 2.08. The molecule has 1 rings (SSSR count). The van der Waals surface area contributed by atoms with E-state index in [4.69, 9.17) is 5.73 Å². The fraction of sp³-hybridized carbons (Fsp3) is 1.00. The van der Waals surface area contributed by atoms with Gasteiger partial charge in [-0.2, -0.15) is 0 Å².